The fourth-order valence-electron chi connectivity index (χ4n) is 3.19. The lowest BCUT2D eigenvalue weighted by atomic mass is 10.0. The van der Waals surface area contributed by atoms with Crippen molar-refractivity contribution in [2.45, 2.75) is 31.1 Å². The number of carbonyl (C=O) groups is 1. The Morgan fingerprint density at radius 2 is 2.00 bits per heavy atom. The predicted octanol–water partition coefficient (Wildman–Crippen LogP) is 2.21. The number of aromatic hydroxyl groups is 1. The second kappa shape index (κ2) is 7.47. The number of nitrogens with zero attached hydrogens (tertiary/aromatic N) is 1. The van der Waals surface area contributed by atoms with Crippen LogP contribution >= 0.6 is 0 Å². The lowest BCUT2D eigenvalue weighted by molar-refractivity contribution is -0.116. The number of aryl methyl sites for hydroxylation is 1. The van der Waals surface area contributed by atoms with Crippen molar-refractivity contribution in [3.63, 3.8) is 0 Å². The van der Waals surface area contributed by atoms with Gasteiger partial charge in [-0.15, -0.1) is 0 Å². The Labute approximate surface area is 153 Å². The van der Waals surface area contributed by atoms with Crippen LogP contribution in [0, 0.1) is 0 Å². The topological polar surface area (TPSA) is 86.7 Å². The van der Waals surface area contributed by atoms with Gasteiger partial charge in [0.25, 0.3) is 0 Å². The molecule has 0 radical (unpaired) electrons. The van der Waals surface area contributed by atoms with Gasteiger partial charge in [-0.3, -0.25) is 4.79 Å². The minimum absolute atomic E-state index is 0.0395. The van der Waals surface area contributed by atoms with Crippen molar-refractivity contribution in [3.05, 3.63) is 53.6 Å². The summed E-state index contributed by atoms with van der Waals surface area (Å²) in [5.74, 6) is 0.118. The van der Waals surface area contributed by atoms with E-state index in [9.17, 15) is 18.3 Å². The van der Waals surface area contributed by atoms with Crippen molar-refractivity contribution < 1.29 is 18.3 Å². The van der Waals surface area contributed by atoms with Crippen LogP contribution < -0.4 is 9.62 Å². The van der Waals surface area contributed by atoms with Crippen molar-refractivity contribution in [3.8, 4) is 5.75 Å². The van der Waals surface area contributed by atoms with Crippen molar-refractivity contribution in [2.24, 2.45) is 0 Å². The average molecular weight is 374 g/mol. The Bertz CT molecular complexity index is 925. The Morgan fingerprint density at radius 3 is 2.73 bits per heavy atom. The number of para-hydroxylation sites is 1. The maximum atomic E-state index is 12.6. The molecule has 0 saturated carbocycles. The highest BCUT2D eigenvalue weighted by atomic mass is 32.2. The van der Waals surface area contributed by atoms with Crippen molar-refractivity contribution >= 4 is 21.6 Å². The maximum absolute atomic E-state index is 12.6. The molecular formula is C19H22N2O4S. The van der Waals surface area contributed by atoms with Gasteiger partial charge >= 0.3 is 0 Å². The Morgan fingerprint density at radius 1 is 1.23 bits per heavy atom. The van der Waals surface area contributed by atoms with E-state index in [4.69, 9.17) is 0 Å². The molecule has 0 bridgehead atoms. The van der Waals surface area contributed by atoms with E-state index in [1.54, 1.807) is 41.3 Å². The minimum Gasteiger partial charge on any atom is -0.508 e. The lowest BCUT2D eigenvalue weighted by Gasteiger charge is -2.28. The molecular weight excluding hydrogens is 352 g/mol. The first-order chi connectivity index (χ1) is 12.4. The third kappa shape index (κ3) is 3.89. The van der Waals surface area contributed by atoms with Gasteiger partial charge in [-0.25, -0.2) is 13.1 Å². The molecule has 0 aliphatic carbocycles. The maximum Gasteiger partial charge on any atom is 0.240 e. The number of anilines is 1. The molecule has 0 spiro atoms. The summed E-state index contributed by atoms with van der Waals surface area (Å²) < 4.78 is 27.7. The van der Waals surface area contributed by atoms with Crippen LogP contribution in [0.3, 0.4) is 0 Å². The van der Waals surface area contributed by atoms with Gasteiger partial charge < -0.3 is 10.0 Å². The second-order valence-electron chi connectivity index (χ2n) is 6.34. The average Bonchev–Trinajstić information content (AvgIpc) is 2.62. The van der Waals surface area contributed by atoms with E-state index in [0.29, 0.717) is 18.5 Å². The molecule has 0 atom stereocenters. The number of carbonyl (C=O) groups excluding carboxylic acids is 1. The number of amides is 1. The zero-order valence-electron chi connectivity index (χ0n) is 14.6. The molecule has 1 heterocycles. The van der Waals surface area contributed by atoms with E-state index in [1.165, 1.54) is 13.0 Å². The molecule has 26 heavy (non-hydrogen) atoms. The number of sulfonamides is 1. The van der Waals surface area contributed by atoms with Crippen LogP contribution in [0.15, 0.2) is 47.4 Å². The summed E-state index contributed by atoms with van der Waals surface area (Å²) in [5.41, 5.74) is 2.35. The Kier molecular flexibility index (Phi) is 5.29. The zero-order chi connectivity index (χ0) is 18.7. The number of phenols is 1. The molecule has 7 heteroatoms. The molecule has 2 aromatic rings. The third-order valence-electron chi connectivity index (χ3n) is 4.54. The quantitative estimate of drug-likeness (QED) is 0.840. The van der Waals surface area contributed by atoms with Gasteiger partial charge in [0.2, 0.25) is 15.9 Å². The van der Waals surface area contributed by atoms with E-state index in [1.807, 2.05) is 0 Å². The molecule has 0 saturated heterocycles. The lowest BCUT2D eigenvalue weighted by Crippen LogP contribution is -2.33. The SMILES string of the molecule is CC(=O)N1CCCc2cc(S(=O)(=O)NCCc3ccccc3O)ccc21. The van der Waals surface area contributed by atoms with Gasteiger partial charge in [-0.1, -0.05) is 18.2 Å². The van der Waals surface area contributed by atoms with E-state index >= 15 is 0 Å². The predicted molar refractivity (Wildman–Crippen MR) is 99.8 cm³/mol. The molecule has 0 unspecified atom stereocenters. The molecule has 138 valence electrons. The fourth-order valence-corrected chi connectivity index (χ4v) is 4.28. The van der Waals surface area contributed by atoms with E-state index < -0.39 is 10.0 Å². The van der Waals surface area contributed by atoms with E-state index in [0.717, 1.165) is 24.1 Å². The fraction of sp³-hybridized carbons (Fsp3) is 0.316. The molecule has 3 rings (SSSR count). The molecule has 1 aliphatic heterocycles. The molecule has 2 aromatic carbocycles. The number of hydrogen-bond donors (Lipinski definition) is 2. The van der Waals surface area contributed by atoms with Crippen molar-refractivity contribution in [1.82, 2.24) is 4.72 Å². The van der Waals surface area contributed by atoms with Gasteiger partial charge in [0, 0.05) is 25.7 Å². The number of fused-ring (bicyclic) bond motifs is 1. The van der Waals surface area contributed by atoms with Gasteiger partial charge in [-0.2, -0.15) is 0 Å². The highest BCUT2D eigenvalue weighted by Crippen LogP contribution is 2.29. The minimum atomic E-state index is -3.65. The highest BCUT2D eigenvalue weighted by molar-refractivity contribution is 7.89. The molecule has 1 amide bonds. The summed E-state index contributed by atoms with van der Waals surface area (Å²) in [7, 11) is -3.65. The van der Waals surface area contributed by atoms with Crippen LogP contribution in [0.25, 0.3) is 0 Å². The summed E-state index contributed by atoms with van der Waals surface area (Å²) in [6.45, 7) is 2.37. The van der Waals surface area contributed by atoms with Crippen LogP contribution in [-0.4, -0.2) is 32.5 Å². The number of hydrogen-bond acceptors (Lipinski definition) is 4. The van der Waals surface area contributed by atoms with Crippen LogP contribution in [0.5, 0.6) is 5.75 Å². The van der Waals surface area contributed by atoms with Crippen molar-refractivity contribution in [1.29, 1.82) is 0 Å². The molecule has 2 N–H and O–H groups in total. The van der Waals surface area contributed by atoms with E-state index in [2.05, 4.69) is 4.72 Å². The number of nitrogens with one attached hydrogen (secondary N) is 1. The van der Waals surface area contributed by atoms with E-state index in [-0.39, 0.29) is 23.1 Å². The van der Waals surface area contributed by atoms with Gasteiger partial charge in [0.05, 0.1) is 4.90 Å². The smallest absolute Gasteiger partial charge is 0.240 e. The van der Waals surface area contributed by atoms with Gasteiger partial charge in [-0.05, 0) is 54.7 Å². The number of benzene rings is 2. The van der Waals surface area contributed by atoms with Crippen LogP contribution in [0.2, 0.25) is 0 Å². The summed E-state index contributed by atoms with van der Waals surface area (Å²) in [6.07, 6.45) is 1.96. The largest absolute Gasteiger partial charge is 0.508 e. The normalized spacial score (nSPS) is 14.1. The second-order valence-corrected chi connectivity index (χ2v) is 8.11. The number of phenolic OH excluding ortho intramolecular Hbond substituents is 1. The first-order valence-corrected chi connectivity index (χ1v) is 10.0. The van der Waals surface area contributed by atoms with Crippen LogP contribution in [0.4, 0.5) is 5.69 Å². The van der Waals surface area contributed by atoms with Gasteiger partial charge in [0.15, 0.2) is 0 Å². The summed E-state index contributed by atoms with van der Waals surface area (Å²) in [4.78, 5) is 13.6. The third-order valence-corrected chi connectivity index (χ3v) is 6.00. The first kappa shape index (κ1) is 18.4. The van der Waals surface area contributed by atoms with Crippen LogP contribution in [-0.2, 0) is 27.7 Å². The van der Waals surface area contributed by atoms with Crippen molar-refractivity contribution in [2.75, 3.05) is 18.0 Å². The molecule has 0 fully saturated rings. The molecule has 1 aliphatic rings. The van der Waals surface area contributed by atoms with Crippen LogP contribution in [0.1, 0.15) is 24.5 Å². The Balaban J connectivity index is 1.73. The highest BCUT2D eigenvalue weighted by Gasteiger charge is 2.22. The van der Waals surface area contributed by atoms with Gasteiger partial charge in [0.1, 0.15) is 5.75 Å². The Hall–Kier alpha value is -2.38. The first-order valence-electron chi connectivity index (χ1n) is 8.56. The summed E-state index contributed by atoms with van der Waals surface area (Å²) in [5, 5.41) is 9.75. The zero-order valence-corrected chi connectivity index (χ0v) is 15.4. The molecule has 6 nitrogen and oxygen atoms in total. The number of rotatable bonds is 5. The standard InChI is InChI=1S/C19H22N2O4S/c1-14(22)21-12-4-6-16-13-17(8-9-18(16)21)26(24,25)20-11-10-15-5-2-3-7-19(15)23/h2-3,5,7-9,13,20,23H,4,6,10-12H2,1H3. The monoisotopic (exact) mass is 374 g/mol. The summed E-state index contributed by atoms with van der Waals surface area (Å²) in [6, 6.07) is 11.7. The molecule has 0 aromatic heterocycles. The summed E-state index contributed by atoms with van der Waals surface area (Å²) >= 11 is 0.